The number of benzene rings is 3. The predicted molar refractivity (Wildman–Crippen MR) is 183 cm³/mol. The Kier molecular flexibility index (Phi) is 13.3. The van der Waals surface area contributed by atoms with Gasteiger partial charge in [-0.25, -0.2) is 8.78 Å². The normalized spacial score (nSPS) is 16.1. The minimum atomic E-state index is -1.44. The molecule has 3 aromatic rings. The third-order valence-electron chi connectivity index (χ3n) is 8.31. The molecule has 240 valence electrons. The second kappa shape index (κ2) is 16.7. The van der Waals surface area contributed by atoms with Crippen molar-refractivity contribution in [3.63, 3.8) is 0 Å². The van der Waals surface area contributed by atoms with Gasteiger partial charge < -0.3 is 16.0 Å². The minimum absolute atomic E-state index is 0.165. The van der Waals surface area contributed by atoms with Gasteiger partial charge in [0.05, 0.1) is 11.6 Å². The third-order valence-corrected chi connectivity index (χ3v) is 8.56. The summed E-state index contributed by atoms with van der Waals surface area (Å²) in [6.45, 7) is 8.60. The maximum atomic E-state index is 14.5. The van der Waals surface area contributed by atoms with E-state index in [0.29, 0.717) is 11.5 Å². The summed E-state index contributed by atoms with van der Waals surface area (Å²) in [5.74, 6) is -0.207. The number of nitrogens with zero attached hydrogens (tertiary/aromatic N) is 2. The van der Waals surface area contributed by atoms with Crippen LogP contribution in [-0.4, -0.2) is 36.4 Å². The zero-order valence-electron chi connectivity index (χ0n) is 27.2. The molecule has 1 saturated heterocycles. The lowest BCUT2D eigenvalue weighted by Gasteiger charge is -2.45. The molecule has 1 unspecified atom stereocenters. The van der Waals surface area contributed by atoms with Crippen molar-refractivity contribution in [2.75, 3.05) is 20.1 Å². The highest BCUT2D eigenvalue weighted by molar-refractivity contribution is 6.30. The summed E-state index contributed by atoms with van der Waals surface area (Å²) in [4.78, 5) is 2.11. The second-order valence-electron chi connectivity index (χ2n) is 12.8. The molecule has 0 amide bonds. The SMILES string of the molecule is CC/C=C(\C)N.CN1CC(C(c2cc(F)cc(C#N)c2)C(C)(C)F)C1.N=C(c1cccc(Cc2ccc(Cl)cc2)c1)C1CCC1. The number of halogens is 3. The summed E-state index contributed by atoms with van der Waals surface area (Å²) in [7, 11) is 1.98. The number of hydrogen-bond donors (Lipinski definition) is 2. The van der Waals surface area contributed by atoms with E-state index in [1.807, 2.05) is 38.2 Å². The number of rotatable bonds is 8. The number of allylic oxidation sites excluding steroid dienone is 2. The van der Waals surface area contributed by atoms with E-state index in [0.717, 1.165) is 47.9 Å². The molecule has 0 radical (unpaired) electrons. The molecule has 1 aliphatic carbocycles. The zero-order valence-corrected chi connectivity index (χ0v) is 28.0. The van der Waals surface area contributed by atoms with Crippen LogP contribution in [0.3, 0.4) is 0 Å². The average Bonchev–Trinajstić information content (AvgIpc) is 2.92. The van der Waals surface area contributed by atoms with Gasteiger partial charge in [0.2, 0.25) is 0 Å². The van der Waals surface area contributed by atoms with E-state index in [4.69, 9.17) is 28.0 Å². The molecule has 0 spiro atoms. The fraction of sp³-hybridized carbons (Fsp3) is 0.421. The average molecular weight is 633 g/mol. The first-order chi connectivity index (χ1) is 21.3. The molecule has 3 N–H and O–H groups in total. The highest BCUT2D eigenvalue weighted by Crippen LogP contribution is 2.41. The van der Waals surface area contributed by atoms with Gasteiger partial charge in [0.15, 0.2) is 0 Å². The van der Waals surface area contributed by atoms with Gasteiger partial charge >= 0.3 is 0 Å². The quantitative estimate of drug-likeness (QED) is 0.243. The van der Waals surface area contributed by atoms with E-state index in [1.165, 1.54) is 56.4 Å². The monoisotopic (exact) mass is 632 g/mol. The Labute approximate surface area is 273 Å². The Morgan fingerprint density at radius 2 is 1.78 bits per heavy atom. The van der Waals surface area contributed by atoms with Gasteiger partial charge in [-0.1, -0.05) is 61.4 Å². The molecule has 7 heteroatoms. The Balaban J connectivity index is 0.000000209. The Morgan fingerprint density at radius 3 is 2.27 bits per heavy atom. The highest BCUT2D eigenvalue weighted by Gasteiger charge is 2.42. The maximum Gasteiger partial charge on any atom is 0.124 e. The van der Waals surface area contributed by atoms with Gasteiger partial charge in [-0.15, -0.1) is 0 Å². The van der Waals surface area contributed by atoms with Crippen LogP contribution in [0, 0.1) is 34.4 Å². The summed E-state index contributed by atoms with van der Waals surface area (Å²) in [5.41, 5.74) is 9.98. The predicted octanol–water partition coefficient (Wildman–Crippen LogP) is 9.45. The first kappa shape index (κ1) is 35.9. The van der Waals surface area contributed by atoms with Crippen LogP contribution in [0.2, 0.25) is 5.02 Å². The first-order valence-electron chi connectivity index (χ1n) is 15.7. The summed E-state index contributed by atoms with van der Waals surface area (Å²) < 4.78 is 28.0. The zero-order chi connectivity index (χ0) is 33.1. The number of nitriles is 1. The molecule has 45 heavy (non-hydrogen) atoms. The van der Waals surface area contributed by atoms with Gasteiger partial charge in [-0.05, 0) is 118 Å². The summed E-state index contributed by atoms with van der Waals surface area (Å²) in [6, 6.07) is 22.5. The smallest absolute Gasteiger partial charge is 0.124 e. The molecule has 2 fully saturated rings. The fourth-order valence-corrected chi connectivity index (χ4v) is 6.11. The summed E-state index contributed by atoms with van der Waals surface area (Å²) in [5, 5.41) is 18.0. The molecule has 1 aliphatic heterocycles. The summed E-state index contributed by atoms with van der Waals surface area (Å²) in [6.07, 6.45) is 7.56. The fourth-order valence-electron chi connectivity index (χ4n) is 5.98. The van der Waals surface area contributed by atoms with Crippen LogP contribution in [0.5, 0.6) is 0 Å². The van der Waals surface area contributed by atoms with Crippen LogP contribution >= 0.6 is 11.6 Å². The lowest BCUT2D eigenvalue weighted by Crippen LogP contribution is -2.50. The third kappa shape index (κ3) is 11.1. The van der Waals surface area contributed by atoms with Crippen molar-refractivity contribution in [3.8, 4) is 6.07 Å². The topological polar surface area (TPSA) is 76.9 Å². The van der Waals surface area contributed by atoms with Crippen LogP contribution in [-0.2, 0) is 6.42 Å². The van der Waals surface area contributed by atoms with E-state index in [-0.39, 0.29) is 17.4 Å². The molecular weight excluding hydrogens is 586 g/mol. The minimum Gasteiger partial charge on any atom is -0.403 e. The first-order valence-corrected chi connectivity index (χ1v) is 16.1. The Hall–Kier alpha value is -3.53. The number of nitrogens with one attached hydrogen (secondary N) is 1. The Bertz CT molecular complexity index is 1470. The molecule has 5 rings (SSSR count). The van der Waals surface area contributed by atoms with Crippen molar-refractivity contribution in [2.45, 2.75) is 71.4 Å². The van der Waals surface area contributed by atoms with Gasteiger partial charge in [0.25, 0.3) is 0 Å². The second-order valence-corrected chi connectivity index (χ2v) is 13.2. The van der Waals surface area contributed by atoms with E-state index in [9.17, 15) is 8.78 Å². The van der Waals surface area contributed by atoms with Crippen molar-refractivity contribution in [3.05, 3.63) is 117 Å². The van der Waals surface area contributed by atoms with E-state index in [2.05, 4.69) is 48.2 Å². The molecule has 4 nitrogen and oxygen atoms in total. The number of likely N-dealkylation sites (tertiary alicyclic amines) is 1. The highest BCUT2D eigenvalue weighted by atomic mass is 35.5. The van der Waals surface area contributed by atoms with E-state index < -0.39 is 11.5 Å². The van der Waals surface area contributed by atoms with Crippen LogP contribution in [0.1, 0.15) is 87.1 Å². The maximum absolute atomic E-state index is 14.5. The van der Waals surface area contributed by atoms with Gasteiger partial charge in [0, 0.05) is 41.4 Å². The number of alkyl halides is 1. The van der Waals surface area contributed by atoms with Gasteiger partial charge in [-0.2, -0.15) is 5.26 Å². The molecule has 2 aliphatic rings. The van der Waals surface area contributed by atoms with Gasteiger partial charge in [0.1, 0.15) is 11.5 Å². The molecule has 3 aromatic carbocycles. The lowest BCUT2D eigenvalue weighted by atomic mass is 9.73. The van der Waals surface area contributed by atoms with Crippen LogP contribution in [0.4, 0.5) is 8.78 Å². The van der Waals surface area contributed by atoms with E-state index in [1.54, 1.807) is 6.07 Å². The standard InChI is InChI=1S/C18H18ClN.C15H18F2N2.C5H11N/c19-17-9-7-13(8-10-17)11-14-3-1-6-16(12-14)18(20)15-4-2-5-15;1-15(2,17)14(12-8-19(3)9-12)11-4-10(7-18)5-13(16)6-11;1-3-4-5(2)6/h1,3,6-10,12,15,20H,2,4-5,11H2;4-6,12,14H,8-9H2,1-3H3;4H,3,6H2,1-2H3/b;;5-4+. The molecule has 1 saturated carbocycles. The van der Waals surface area contributed by atoms with Crippen molar-refractivity contribution in [1.82, 2.24) is 4.90 Å². The van der Waals surface area contributed by atoms with Crippen LogP contribution in [0.15, 0.2) is 78.5 Å². The van der Waals surface area contributed by atoms with Gasteiger partial charge in [-0.3, -0.25) is 0 Å². The summed E-state index contributed by atoms with van der Waals surface area (Å²) >= 11 is 5.91. The number of hydrogen-bond acceptors (Lipinski definition) is 4. The van der Waals surface area contributed by atoms with Crippen LogP contribution in [0.25, 0.3) is 0 Å². The molecule has 0 bridgehead atoms. The van der Waals surface area contributed by atoms with E-state index >= 15 is 0 Å². The van der Waals surface area contributed by atoms with Crippen LogP contribution < -0.4 is 5.73 Å². The van der Waals surface area contributed by atoms with Crippen molar-refractivity contribution >= 4 is 17.3 Å². The van der Waals surface area contributed by atoms with Crippen molar-refractivity contribution in [2.24, 2.45) is 17.6 Å². The largest absolute Gasteiger partial charge is 0.403 e. The molecular formula is C38H47ClF2N4. The molecule has 0 aromatic heterocycles. The van der Waals surface area contributed by atoms with Crippen molar-refractivity contribution in [1.29, 1.82) is 10.7 Å². The molecule has 1 atom stereocenters. The Morgan fingerprint density at radius 1 is 1.11 bits per heavy atom. The molecule has 1 heterocycles. The van der Waals surface area contributed by atoms with Crippen molar-refractivity contribution < 1.29 is 8.78 Å². The number of nitrogens with two attached hydrogens (primary N) is 1. The lowest BCUT2D eigenvalue weighted by molar-refractivity contribution is 0.0420.